The smallest absolute Gasteiger partial charge is 0.422 e. The van der Waals surface area contributed by atoms with Gasteiger partial charge in [-0.2, -0.15) is 13.2 Å². The number of fused-ring (bicyclic) bond motifs is 1. The first-order chi connectivity index (χ1) is 14.8. The molecule has 1 heterocycles. The second-order valence-corrected chi connectivity index (χ2v) is 6.81. The number of aliphatic imine (C=N–C) groups is 1. The summed E-state index contributed by atoms with van der Waals surface area (Å²) in [5, 5.41) is 6.26. The fourth-order valence-corrected chi connectivity index (χ4v) is 3.03. The van der Waals surface area contributed by atoms with Crippen molar-refractivity contribution in [3.05, 3.63) is 58.9 Å². The Hall–Kier alpha value is -3.01. The number of hydrogen-bond donors (Lipinski definition) is 2. The molecule has 2 aromatic carbocycles. The number of hydrogen-bond acceptors (Lipinski definition) is 4. The van der Waals surface area contributed by atoms with Gasteiger partial charge in [-0.3, -0.25) is 4.99 Å². The van der Waals surface area contributed by atoms with Crippen LogP contribution in [0.4, 0.5) is 17.6 Å². The number of nitrogens with zero attached hydrogens (tertiary/aromatic N) is 1. The highest BCUT2D eigenvalue weighted by atomic mass is 19.4. The van der Waals surface area contributed by atoms with Gasteiger partial charge in [0.1, 0.15) is 17.3 Å². The number of nitrogens with one attached hydrogen (secondary N) is 2. The zero-order valence-corrected chi connectivity index (χ0v) is 16.9. The summed E-state index contributed by atoms with van der Waals surface area (Å²) in [5.41, 5.74) is 2.28. The summed E-state index contributed by atoms with van der Waals surface area (Å²) in [6, 6.07) is 9.16. The van der Waals surface area contributed by atoms with E-state index in [0.29, 0.717) is 43.4 Å². The van der Waals surface area contributed by atoms with E-state index in [0.717, 1.165) is 11.1 Å². The van der Waals surface area contributed by atoms with E-state index in [1.54, 1.807) is 19.2 Å². The summed E-state index contributed by atoms with van der Waals surface area (Å²) in [5.74, 6) is 1.000. The van der Waals surface area contributed by atoms with Gasteiger partial charge < -0.3 is 24.8 Å². The standard InChI is InChI=1S/C21H23F4N3O3/c1-26-20(28-10-14-2-4-18(5-3-14)30-12-21(23,24)25)27-7-6-15-8-17(22)9-16-11-29-13-31-19(15)16/h2-5,8-9H,6-7,10-13H2,1H3,(H2,26,27,28). The molecule has 0 amide bonds. The molecule has 0 unspecified atom stereocenters. The van der Waals surface area contributed by atoms with Crippen LogP contribution in [0.25, 0.3) is 0 Å². The van der Waals surface area contributed by atoms with Crippen LogP contribution in [0.2, 0.25) is 0 Å². The number of alkyl halides is 3. The first-order valence-electron chi connectivity index (χ1n) is 9.59. The van der Waals surface area contributed by atoms with E-state index in [1.165, 1.54) is 24.3 Å². The first-order valence-corrected chi connectivity index (χ1v) is 9.59. The van der Waals surface area contributed by atoms with Gasteiger partial charge >= 0.3 is 6.18 Å². The topological polar surface area (TPSA) is 64.1 Å². The molecule has 0 fully saturated rings. The Balaban J connectivity index is 1.47. The highest BCUT2D eigenvalue weighted by molar-refractivity contribution is 5.79. The lowest BCUT2D eigenvalue weighted by molar-refractivity contribution is -0.153. The molecule has 0 radical (unpaired) electrons. The van der Waals surface area contributed by atoms with Crippen molar-refractivity contribution in [1.82, 2.24) is 10.6 Å². The van der Waals surface area contributed by atoms with Crippen molar-refractivity contribution in [3.63, 3.8) is 0 Å². The molecule has 168 valence electrons. The van der Waals surface area contributed by atoms with E-state index in [-0.39, 0.29) is 18.4 Å². The molecule has 2 aromatic rings. The van der Waals surface area contributed by atoms with Crippen LogP contribution >= 0.6 is 0 Å². The maximum Gasteiger partial charge on any atom is 0.422 e. The van der Waals surface area contributed by atoms with Gasteiger partial charge in [-0.25, -0.2) is 4.39 Å². The van der Waals surface area contributed by atoms with Crippen LogP contribution in [0, 0.1) is 5.82 Å². The molecule has 0 aromatic heterocycles. The van der Waals surface area contributed by atoms with Gasteiger partial charge in [-0.05, 0) is 41.8 Å². The van der Waals surface area contributed by atoms with Crippen molar-refractivity contribution >= 4 is 5.96 Å². The molecule has 0 bridgehead atoms. The molecular weight excluding hydrogens is 418 g/mol. The zero-order valence-electron chi connectivity index (χ0n) is 16.9. The minimum atomic E-state index is -4.37. The predicted octanol–water partition coefficient (Wildman–Crippen LogP) is 3.54. The lowest BCUT2D eigenvalue weighted by Crippen LogP contribution is -2.37. The average molecular weight is 441 g/mol. The van der Waals surface area contributed by atoms with Gasteiger partial charge in [0, 0.05) is 25.7 Å². The van der Waals surface area contributed by atoms with Crippen LogP contribution in [-0.2, 0) is 24.3 Å². The Labute approximate surface area is 177 Å². The summed E-state index contributed by atoms with van der Waals surface area (Å²) >= 11 is 0. The maximum atomic E-state index is 13.8. The van der Waals surface area contributed by atoms with E-state index in [2.05, 4.69) is 20.4 Å². The second-order valence-electron chi connectivity index (χ2n) is 6.81. The molecule has 0 spiro atoms. The summed E-state index contributed by atoms with van der Waals surface area (Å²) in [7, 11) is 1.62. The molecular formula is C21H23F4N3O3. The predicted molar refractivity (Wildman–Crippen MR) is 107 cm³/mol. The molecule has 0 atom stereocenters. The Morgan fingerprint density at radius 2 is 1.94 bits per heavy atom. The number of ether oxygens (including phenoxy) is 3. The summed E-state index contributed by atoms with van der Waals surface area (Å²) < 4.78 is 65.8. The van der Waals surface area contributed by atoms with Crippen molar-refractivity contribution in [2.75, 3.05) is 27.0 Å². The maximum absolute atomic E-state index is 13.8. The van der Waals surface area contributed by atoms with Crippen LogP contribution < -0.4 is 20.1 Å². The number of rotatable bonds is 7. The van der Waals surface area contributed by atoms with Crippen LogP contribution in [0.15, 0.2) is 41.4 Å². The fourth-order valence-electron chi connectivity index (χ4n) is 3.03. The van der Waals surface area contributed by atoms with Gasteiger partial charge in [-0.15, -0.1) is 0 Å². The third-order valence-electron chi connectivity index (χ3n) is 4.45. The fraction of sp³-hybridized carbons (Fsp3) is 0.381. The highest BCUT2D eigenvalue weighted by Gasteiger charge is 2.28. The van der Waals surface area contributed by atoms with E-state index in [4.69, 9.17) is 9.47 Å². The molecule has 0 aliphatic carbocycles. The quantitative estimate of drug-likeness (QED) is 0.391. The second kappa shape index (κ2) is 10.3. The molecule has 0 saturated heterocycles. The largest absolute Gasteiger partial charge is 0.484 e. The molecule has 1 aliphatic heterocycles. The minimum absolute atomic E-state index is 0.141. The van der Waals surface area contributed by atoms with Crippen molar-refractivity contribution < 1.29 is 31.8 Å². The average Bonchev–Trinajstić information content (AvgIpc) is 2.74. The van der Waals surface area contributed by atoms with E-state index in [9.17, 15) is 17.6 Å². The third kappa shape index (κ3) is 7.02. The molecule has 1 aliphatic rings. The first kappa shape index (κ1) is 22.7. The lowest BCUT2D eigenvalue weighted by atomic mass is 10.1. The van der Waals surface area contributed by atoms with Crippen molar-refractivity contribution in [2.24, 2.45) is 4.99 Å². The van der Waals surface area contributed by atoms with Crippen LogP contribution in [-0.4, -0.2) is 39.1 Å². The molecule has 31 heavy (non-hydrogen) atoms. The van der Waals surface area contributed by atoms with Crippen molar-refractivity contribution in [2.45, 2.75) is 25.7 Å². The van der Waals surface area contributed by atoms with E-state index in [1.807, 2.05) is 0 Å². The Morgan fingerprint density at radius 1 is 1.16 bits per heavy atom. The van der Waals surface area contributed by atoms with Crippen LogP contribution in [0.5, 0.6) is 11.5 Å². The molecule has 3 rings (SSSR count). The molecule has 6 nitrogen and oxygen atoms in total. The van der Waals surface area contributed by atoms with Crippen LogP contribution in [0.1, 0.15) is 16.7 Å². The van der Waals surface area contributed by atoms with Gasteiger partial charge in [-0.1, -0.05) is 12.1 Å². The van der Waals surface area contributed by atoms with Gasteiger partial charge in [0.05, 0.1) is 6.61 Å². The number of halogens is 4. The van der Waals surface area contributed by atoms with Crippen molar-refractivity contribution in [3.8, 4) is 11.5 Å². The van der Waals surface area contributed by atoms with Gasteiger partial charge in [0.2, 0.25) is 0 Å². The molecule has 10 heteroatoms. The SMILES string of the molecule is CN=C(NCCc1cc(F)cc2c1OCOC2)NCc1ccc(OCC(F)(F)F)cc1. The minimum Gasteiger partial charge on any atom is -0.484 e. The Morgan fingerprint density at radius 3 is 2.65 bits per heavy atom. The summed E-state index contributed by atoms with van der Waals surface area (Å²) in [4.78, 5) is 4.13. The van der Waals surface area contributed by atoms with E-state index < -0.39 is 12.8 Å². The summed E-state index contributed by atoms with van der Waals surface area (Å²) in [6.45, 7) is 0.0336. The monoisotopic (exact) mass is 441 g/mol. The van der Waals surface area contributed by atoms with Gasteiger partial charge in [0.25, 0.3) is 0 Å². The normalized spacial score (nSPS) is 13.9. The lowest BCUT2D eigenvalue weighted by Gasteiger charge is -2.21. The Bertz CT molecular complexity index is 902. The number of benzene rings is 2. The third-order valence-corrected chi connectivity index (χ3v) is 4.45. The van der Waals surface area contributed by atoms with E-state index >= 15 is 0 Å². The number of guanidine groups is 1. The van der Waals surface area contributed by atoms with Crippen molar-refractivity contribution in [1.29, 1.82) is 0 Å². The zero-order chi connectivity index (χ0) is 22.3. The Kier molecular flexibility index (Phi) is 7.56. The highest BCUT2D eigenvalue weighted by Crippen LogP contribution is 2.29. The van der Waals surface area contributed by atoms with Crippen LogP contribution in [0.3, 0.4) is 0 Å². The molecule has 0 saturated carbocycles. The van der Waals surface area contributed by atoms with Gasteiger partial charge in [0.15, 0.2) is 19.4 Å². The summed E-state index contributed by atoms with van der Waals surface area (Å²) in [6.07, 6.45) is -3.85. The molecule has 2 N–H and O–H groups in total.